The third-order valence-corrected chi connectivity index (χ3v) is 4.61. The molecule has 1 atom stereocenters. The van der Waals surface area contributed by atoms with Crippen LogP contribution in [-0.2, 0) is 6.42 Å². The molecule has 1 aliphatic rings. The fourth-order valence-corrected chi connectivity index (χ4v) is 3.40. The van der Waals surface area contributed by atoms with E-state index in [0.29, 0.717) is 0 Å². The maximum atomic E-state index is 12.9. The molecule has 4 heteroatoms. The Hall–Kier alpha value is -1.81. The first-order valence-corrected chi connectivity index (χ1v) is 8.69. The second-order valence-electron chi connectivity index (χ2n) is 6.57. The van der Waals surface area contributed by atoms with E-state index in [0.717, 1.165) is 67.5 Å². The van der Waals surface area contributed by atoms with Crippen molar-refractivity contribution in [3.63, 3.8) is 0 Å². The van der Waals surface area contributed by atoms with Crippen LogP contribution < -0.4 is 5.32 Å². The number of unbranched alkanes of at least 4 members (excludes halogenated alkanes) is 1. The molecule has 2 aromatic rings. The number of nitrogens with one attached hydrogen (secondary N) is 1. The molecular formula is C19H26N2O2. The van der Waals surface area contributed by atoms with Crippen LogP contribution in [0, 0.1) is 0 Å². The van der Waals surface area contributed by atoms with Gasteiger partial charge in [0.1, 0.15) is 11.3 Å². The lowest BCUT2D eigenvalue weighted by molar-refractivity contribution is 0.0912. The minimum absolute atomic E-state index is 0.0151. The van der Waals surface area contributed by atoms with Crippen LogP contribution in [0.4, 0.5) is 0 Å². The standard InChI is InChI=1S/C19H26N2O2/c1-3-4-10-17-18(15-9-5-6-11-16(15)23-17)19(22)20-14-8-7-12-21(2)13-14/h5-6,9,11,14H,3-4,7-8,10,12-13H2,1-2H3,(H,20,22)/t14-/m1/s1. The van der Waals surface area contributed by atoms with E-state index >= 15 is 0 Å². The molecule has 0 bridgehead atoms. The molecule has 4 nitrogen and oxygen atoms in total. The predicted octanol–water partition coefficient (Wildman–Crippen LogP) is 3.60. The lowest BCUT2D eigenvalue weighted by Gasteiger charge is -2.30. The number of piperidine rings is 1. The van der Waals surface area contributed by atoms with Gasteiger partial charge in [0.2, 0.25) is 0 Å². The van der Waals surface area contributed by atoms with Gasteiger partial charge in [-0.2, -0.15) is 0 Å². The molecule has 1 fully saturated rings. The van der Waals surface area contributed by atoms with Crippen molar-refractivity contribution in [2.24, 2.45) is 0 Å². The van der Waals surface area contributed by atoms with Crippen molar-refractivity contribution >= 4 is 16.9 Å². The number of nitrogens with zero attached hydrogens (tertiary/aromatic N) is 1. The van der Waals surface area contributed by atoms with Gasteiger partial charge in [-0.1, -0.05) is 31.5 Å². The first kappa shape index (κ1) is 16.1. The maximum Gasteiger partial charge on any atom is 0.255 e. The van der Waals surface area contributed by atoms with Crippen LogP contribution in [-0.4, -0.2) is 37.0 Å². The van der Waals surface area contributed by atoms with Gasteiger partial charge in [-0.25, -0.2) is 0 Å². The van der Waals surface area contributed by atoms with Crippen molar-refractivity contribution in [1.29, 1.82) is 0 Å². The number of carbonyl (C=O) groups excluding carboxylic acids is 1. The number of fused-ring (bicyclic) bond motifs is 1. The monoisotopic (exact) mass is 314 g/mol. The van der Waals surface area contributed by atoms with Crippen molar-refractivity contribution in [3.8, 4) is 0 Å². The average molecular weight is 314 g/mol. The Kier molecular flexibility index (Phi) is 5.01. The molecule has 23 heavy (non-hydrogen) atoms. The van der Waals surface area contributed by atoms with Crippen molar-refractivity contribution in [3.05, 3.63) is 35.6 Å². The Labute approximate surface area is 137 Å². The molecule has 1 amide bonds. The zero-order valence-electron chi connectivity index (χ0n) is 14.1. The largest absolute Gasteiger partial charge is 0.460 e. The van der Waals surface area contributed by atoms with E-state index in [4.69, 9.17) is 4.42 Å². The van der Waals surface area contributed by atoms with Gasteiger partial charge < -0.3 is 14.6 Å². The number of rotatable bonds is 5. The summed E-state index contributed by atoms with van der Waals surface area (Å²) in [6.45, 7) is 4.19. The van der Waals surface area contributed by atoms with Crippen LogP contribution in [0.1, 0.15) is 48.7 Å². The van der Waals surface area contributed by atoms with Gasteiger partial charge in [-0.05, 0) is 38.9 Å². The summed E-state index contributed by atoms with van der Waals surface area (Å²) in [5.74, 6) is 0.844. The fraction of sp³-hybridized carbons (Fsp3) is 0.526. The van der Waals surface area contributed by atoms with Crippen LogP contribution >= 0.6 is 0 Å². The SMILES string of the molecule is CCCCc1oc2ccccc2c1C(=O)N[C@@H]1CCCN(C)C1. The minimum Gasteiger partial charge on any atom is -0.460 e. The zero-order chi connectivity index (χ0) is 16.2. The Morgan fingerprint density at radius 3 is 3.00 bits per heavy atom. The lowest BCUT2D eigenvalue weighted by Crippen LogP contribution is -2.46. The maximum absolute atomic E-state index is 12.9. The smallest absolute Gasteiger partial charge is 0.255 e. The highest BCUT2D eigenvalue weighted by molar-refractivity contribution is 6.07. The number of aryl methyl sites for hydroxylation is 1. The summed E-state index contributed by atoms with van der Waals surface area (Å²) in [6, 6.07) is 8.07. The first-order chi connectivity index (χ1) is 11.2. The highest BCUT2D eigenvalue weighted by Gasteiger charge is 2.24. The van der Waals surface area contributed by atoms with E-state index < -0.39 is 0 Å². The molecule has 2 heterocycles. The van der Waals surface area contributed by atoms with Crippen molar-refractivity contribution < 1.29 is 9.21 Å². The number of likely N-dealkylation sites (tertiary alicyclic amines) is 1. The van der Waals surface area contributed by atoms with Gasteiger partial charge in [-0.15, -0.1) is 0 Å². The molecule has 0 radical (unpaired) electrons. The molecule has 0 saturated carbocycles. The number of benzene rings is 1. The second kappa shape index (κ2) is 7.18. The molecule has 1 N–H and O–H groups in total. The molecule has 0 unspecified atom stereocenters. The molecule has 0 aliphatic carbocycles. The number of para-hydroxylation sites is 1. The van der Waals surface area contributed by atoms with Gasteiger partial charge in [0, 0.05) is 24.4 Å². The van der Waals surface area contributed by atoms with Crippen LogP contribution in [0.2, 0.25) is 0 Å². The highest BCUT2D eigenvalue weighted by atomic mass is 16.3. The highest BCUT2D eigenvalue weighted by Crippen LogP contribution is 2.27. The average Bonchev–Trinajstić information content (AvgIpc) is 2.91. The van der Waals surface area contributed by atoms with Gasteiger partial charge in [0.15, 0.2) is 0 Å². The number of hydrogen-bond acceptors (Lipinski definition) is 3. The zero-order valence-corrected chi connectivity index (χ0v) is 14.1. The van der Waals surface area contributed by atoms with Crippen LogP contribution in [0.15, 0.2) is 28.7 Å². The number of furan rings is 1. The normalized spacial score (nSPS) is 19.1. The van der Waals surface area contributed by atoms with E-state index in [9.17, 15) is 4.79 Å². The summed E-state index contributed by atoms with van der Waals surface area (Å²) in [6.07, 6.45) is 5.13. The summed E-state index contributed by atoms with van der Waals surface area (Å²) in [7, 11) is 2.11. The van der Waals surface area contributed by atoms with Crippen LogP contribution in [0.5, 0.6) is 0 Å². The second-order valence-corrected chi connectivity index (χ2v) is 6.57. The van der Waals surface area contributed by atoms with Gasteiger partial charge in [0.05, 0.1) is 5.56 Å². The van der Waals surface area contributed by atoms with Crippen molar-refractivity contribution in [2.45, 2.75) is 45.1 Å². The van der Waals surface area contributed by atoms with Gasteiger partial charge in [0.25, 0.3) is 5.91 Å². The predicted molar refractivity (Wildman–Crippen MR) is 92.8 cm³/mol. The minimum atomic E-state index is 0.0151. The quantitative estimate of drug-likeness (QED) is 0.917. The molecule has 1 aliphatic heterocycles. The van der Waals surface area contributed by atoms with Crippen LogP contribution in [0.3, 0.4) is 0 Å². The van der Waals surface area contributed by atoms with E-state index in [1.54, 1.807) is 0 Å². The topological polar surface area (TPSA) is 45.5 Å². The van der Waals surface area contributed by atoms with Crippen molar-refractivity contribution in [2.75, 3.05) is 20.1 Å². The summed E-state index contributed by atoms with van der Waals surface area (Å²) >= 11 is 0. The van der Waals surface area contributed by atoms with Gasteiger partial charge >= 0.3 is 0 Å². The number of amides is 1. The molecule has 1 aromatic carbocycles. The van der Waals surface area contributed by atoms with Crippen LogP contribution in [0.25, 0.3) is 11.0 Å². The Bertz CT molecular complexity index is 677. The number of carbonyl (C=O) groups is 1. The molecule has 3 rings (SSSR count). The Morgan fingerprint density at radius 1 is 1.39 bits per heavy atom. The molecule has 1 aromatic heterocycles. The third kappa shape index (κ3) is 3.58. The fourth-order valence-electron chi connectivity index (χ4n) is 3.40. The molecular weight excluding hydrogens is 288 g/mol. The van der Waals surface area contributed by atoms with E-state index in [1.807, 2.05) is 24.3 Å². The number of likely N-dealkylation sites (N-methyl/N-ethyl adjacent to an activating group) is 1. The Balaban J connectivity index is 1.85. The van der Waals surface area contributed by atoms with E-state index in [1.165, 1.54) is 0 Å². The van der Waals surface area contributed by atoms with Crippen molar-refractivity contribution in [1.82, 2.24) is 10.2 Å². The third-order valence-electron chi connectivity index (χ3n) is 4.61. The van der Waals surface area contributed by atoms with E-state index in [-0.39, 0.29) is 11.9 Å². The molecule has 124 valence electrons. The Morgan fingerprint density at radius 2 is 2.22 bits per heavy atom. The van der Waals surface area contributed by atoms with Gasteiger partial charge in [-0.3, -0.25) is 4.79 Å². The summed E-state index contributed by atoms with van der Waals surface area (Å²) in [5, 5.41) is 4.15. The number of hydrogen-bond donors (Lipinski definition) is 1. The molecule has 1 saturated heterocycles. The molecule has 0 spiro atoms. The lowest BCUT2D eigenvalue weighted by atomic mass is 10.0. The summed E-state index contributed by atoms with van der Waals surface area (Å²) < 4.78 is 5.96. The first-order valence-electron chi connectivity index (χ1n) is 8.69. The summed E-state index contributed by atoms with van der Waals surface area (Å²) in [5.41, 5.74) is 1.55. The summed E-state index contributed by atoms with van der Waals surface area (Å²) in [4.78, 5) is 15.2. The van der Waals surface area contributed by atoms with E-state index in [2.05, 4.69) is 24.2 Å².